The summed E-state index contributed by atoms with van der Waals surface area (Å²) in [5.41, 5.74) is 9.92. The smallest absolute Gasteiger partial charge is 0.327 e. The number of carbonyl (C=O) groups excluding carboxylic acids is 1. The van der Waals surface area contributed by atoms with E-state index in [0.29, 0.717) is 25.2 Å². The maximum atomic E-state index is 13.1. The Hall–Kier alpha value is -3.33. The number of carbonyl (C=O) groups is 1. The minimum atomic E-state index is -0.160. The number of aromatic nitrogens is 5. The molecule has 3 aromatic heterocycles. The molecular weight excluding hydrogens is 394 g/mol. The average Bonchev–Trinajstić information content (AvgIpc) is 3.05. The van der Waals surface area contributed by atoms with Crippen LogP contribution < -0.4 is 11.4 Å². The van der Waals surface area contributed by atoms with E-state index in [2.05, 4.69) is 26.0 Å². The normalized spacial score (nSPS) is 19.7. The Kier molecular flexibility index (Phi) is 5.11. The summed E-state index contributed by atoms with van der Waals surface area (Å²) < 4.78 is 1.78. The van der Waals surface area contributed by atoms with E-state index >= 15 is 0 Å². The molecule has 2 aliphatic rings. The summed E-state index contributed by atoms with van der Waals surface area (Å²) >= 11 is 0. The number of H-pyrrole nitrogens is 1. The lowest BCUT2D eigenvalue weighted by atomic mass is 10.0. The Balaban J connectivity index is 1.29. The zero-order chi connectivity index (χ0) is 21.4. The number of aromatic amines is 1. The molecule has 3 aromatic rings. The number of allylic oxidation sites excluding steroid dienone is 1. The number of rotatable bonds is 3. The number of likely N-dealkylation sites (tertiary alicyclic amines) is 1. The molecule has 9 heteroatoms. The van der Waals surface area contributed by atoms with Gasteiger partial charge in [0.1, 0.15) is 0 Å². The molecule has 31 heavy (non-hydrogen) atoms. The standard InChI is InChI=1S/C22H25N7O2/c23-16-4-1-3-14(19-20(16)25-10-9-24-19)13-18(30)28-11-6-15(7-12-28)29-17-5-2-8-26-21(17)27-22(29)31/h2-3,5,8-10,15-16H,1,4,6-7,11-13,23H2,(H,26,27,31)/t16-/m0/s1. The zero-order valence-electron chi connectivity index (χ0n) is 17.2. The van der Waals surface area contributed by atoms with Gasteiger partial charge in [0.15, 0.2) is 5.65 Å². The van der Waals surface area contributed by atoms with Crippen molar-refractivity contribution in [1.82, 2.24) is 29.4 Å². The van der Waals surface area contributed by atoms with Crippen LogP contribution >= 0.6 is 0 Å². The zero-order valence-corrected chi connectivity index (χ0v) is 17.2. The first-order chi connectivity index (χ1) is 15.1. The van der Waals surface area contributed by atoms with Crippen molar-refractivity contribution in [2.24, 2.45) is 5.73 Å². The third-order valence-corrected chi connectivity index (χ3v) is 6.26. The molecule has 0 spiro atoms. The lowest BCUT2D eigenvalue weighted by Gasteiger charge is -2.32. The maximum absolute atomic E-state index is 13.1. The van der Waals surface area contributed by atoms with Crippen molar-refractivity contribution in [1.29, 1.82) is 0 Å². The van der Waals surface area contributed by atoms with Crippen LogP contribution in [0.3, 0.4) is 0 Å². The number of nitrogens with one attached hydrogen (secondary N) is 1. The Labute approximate surface area is 179 Å². The number of nitrogens with two attached hydrogens (primary N) is 1. The predicted molar refractivity (Wildman–Crippen MR) is 116 cm³/mol. The van der Waals surface area contributed by atoms with Crippen molar-refractivity contribution in [3.05, 3.63) is 58.7 Å². The summed E-state index contributed by atoms with van der Waals surface area (Å²) in [6.07, 6.45) is 10.4. The van der Waals surface area contributed by atoms with Crippen molar-refractivity contribution in [3.8, 4) is 0 Å². The van der Waals surface area contributed by atoms with E-state index in [9.17, 15) is 9.59 Å². The van der Waals surface area contributed by atoms with Gasteiger partial charge >= 0.3 is 5.69 Å². The highest BCUT2D eigenvalue weighted by Gasteiger charge is 2.28. The summed E-state index contributed by atoms with van der Waals surface area (Å²) in [5, 5.41) is 0. The first-order valence-corrected chi connectivity index (χ1v) is 10.7. The molecule has 9 nitrogen and oxygen atoms in total. The lowest BCUT2D eigenvalue weighted by Crippen LogP contribution is -2.40. The lowest BCUT2D eigenvalue weighted by molar-refractivity contribution is -0.131. The highest BCUT2D eigenvalue weighted by molar-refractivity contribution is 5.88. The quantitative estimate of drug-likeness (QED) is 0.669. The van der Waals surface area contributed by atoms with Gasteiger partial charge < -0.3 is 10.6 Å². The van der Waals surface area contributed by atoms with Crippen molar-refractivity contribution in [2.45, 2.75) is 44.2 Å². The van der Waals surface area contributed by atoms with Gasteiger partial charge in [-0.05, 0) is 43.4 Å². The van der Waals surface area contributed by atoms with Gasteiger partial charge in [-0.25, -0.2) is 9.78 Å². The monoisotopic (exact) mass is 419 g/mol. The number of imidazole rings is 1. The Bertz CT molecular complexity index is 1200. The number of pyridine rings is 1. The molecular formula is C22H25N7O2. The molecule has 1 amide bonds. The van der Waals surface area contributed by atoms with Crippen LogP contribution in [0.25, 0.3) is 16.7 Å². The van der Waals surface area contributed by atoms with Gasteiger partial charge in [-0.1, -0.05) is 6.08 Å². The van der Waals surface area contributed by atoms with Crippen LogP contribution in [-0.2, 0) is 4.79 Å². The maximum Gasteiger partial charge on any atom is 0.327 e. The van der Waals surface area contributed by atoms with Crippen molar-refractivity contribution in [3.63, 3.8) is 0 Å². The summed E-state index contributed by atoms with van der Waals surface area (Å²) in [6.45, 7) is 1.23. The summed E-state index contributed by atoms with van der Waals surface area (Å²) in [5.74, 6) is 0.0738. The van der Waals surface area contributed by atoms with Crippen LogP contribution in [0.15, 0.2) is 41.6 Å². The molecule has 0 radical (unpaired) electrons. The van der Waals surface area contributed by atoms with E-state index in [4.69, 9.17) is 5.73 Å². The molecule has 1 aliphatic heterocycles. The van der Waals surface area contributed by atoms with E-state index in [1.54, 1.807) is 23.2 Å². The second-order valence-corrected chi connectivity index (χ2v) is 8.16. The van der Waals surface area contributed by atoms with Crippen LogP contribution in [0, 0.1) is 0 Å². The van der Waals surface area contributed by atoms with Gasteiger partial charge in [0.25, 0.3) is 0 Å². The minimum absolute atomic E-state index is 0.0520. The third-order valence-electron chi connectivity index (χ3n) is 6.26. The molecule has 1 saturated heterocycles. The highest BCUT2D eigenvalue weighted by Crippen LogP contribution is 2.31. The number of amides is 1. The van der Waals surface area contributed by atoms with Crippen molar-refractivity contribution in [2.75, 3.05) is 13.1 Å². The van der Waals surface area contributed by atoms with Crippen LogP contribution in [0.5, 0.6) is 0 Å². The van der Waals surface area contributed by atoms with Gasteiger partial charge in [-0.15, -0.1) is 0 Å². The van der Waals surface area contributed by atoms with E-state index in [1.165, 1.54) is 0 Å². The first-order valence-electron chi connectivity index (χ1n) is 10.7. The predicted octanol–water partition coefficient (Wildman–Crippen LogP) is 1.95. The van der Waals surface area contributed by atoms with Crippen molar-refractivity contribution >= 4 is 22.6 Å². The second-order valence-electron chi connectivity index (χ2n) is 8.16. The SMILES string of the molecule is N[C@H]1CCC=C(CC(=O)N2CCC(n3c(=O)[nH]c4ncccc43)CC2)c2nccnc21. The summed E-state index contributed by atoms with van der Waals surface area (Å²) in [7, 11) is 0. The fraction of sp³-hybridized carbons (Fsp3) is 0.409. The molecule has 0 saturated carbocycles. The largest absolute Gasteiger partial charge is 0.342 e. The van der Waals surface area contributed by atoms with Crippen LogP contribution in [-0.4, -0.2) is 48.4 Å². The van der Waals surface area contributed by atoms with Gasteiger partial charge in [-0.3, -0.25) is 24.3 Å². The minimum Gasteiger partial charge on any atom is -0.342 e. The summed E-state index contributed by atoms with van der Waals surface area (Å²) in [4.78, 5) is 43.3. The molecule has 0 bridgehead atoms. The number of fused-ring (bicyclic) bond motifs is 2. The fourth-order valence-corrected chi connectivity index (χ4v) is 4.66. The van der Waals surface area contributed by atoms with Gasteiger partial charge in [0, 0.05) is 43.8 Å². The topological polar surface area (TPSA) is 123 Å². The molecule has 3 N–H and O–H groups in total. The van der Waals surface area contributed by atoms with Gasteiger partial charge in [0.05, 0.1) is 23.3 Å². The number of hydrogen-bond acceptors (Lipinski definition) is 6. The number of piperidine rings is 1. The number of hydrogen-bond donors (Lipinski definition) is 2. The second kappa shape index (κ2) is 8.07. The highest BCUT2D eigenvalue weighted by atomic mass is 16.2. The fourth-order valence-electron chi connectivity index (χ4n) is 4.66. The Morgan fingerprint density at radius 2 is 1.94 bits per heavy atom. The Morgan fingerprint density at radius 3 is 2.77 bits per heavy atom. The van der Waals surface area contributed by atoms with E-state index in [-0.39, 0.29) is 23.7 Å². The first kappa shape index (κ1) is 19.6. The molecule has 160 valence electrons. The van der Waals surface area contributed by atoms with E-state index < -0.39 is 0 Å². The van der Waals surface area contributed by atoms with Gasteiger partial charge in [0.2, 0.25) is 5.91 Å². The van der Waals surface area contributed by atoms with E-state index in [1.807, 2.05) is 17.0 Å². The third kappa shape index (κ3) is 3.65. The van der Waals surface area contributed by atoms with E-state index in [0.717, 1.165) is 48.2 Å². The van der Waals surface area contributed by atoms with Crippen LogP contribution in [0.4, 0.5) is 0 Å². The molecule has 4 heterocycles. The van der Waals surface area contributed by atoms with Crippen LogP contribution in [0.2, 0.25) is 0 Å². The molecule has 1 atom stereocenters. The van der Waals surface area contributed by atoms with Crippen molar-refractivity contribution < 1.29 is 4.79 Å². The summed E-state index contributed by atoms with van der Waals surface area (Å²) in [6, 6.07) is 3.63. The Morgan fingerprint density at radius 1 is 1.13 bits per heavy atom. The molecule has 1 aliphatic carbocycles. The molecule has 5 rings (SSSR count). The van der Waals surface area contributed by atoms with Gasteiger partial charge in [-0.2, -0.15) is 0 Å². The van der Waals surface area contributed by atoms with Crippen LogP contribution in [0.1, 0.15) is 55.6 Å². The molecule has 0 aromatic carbocycles. The molecule has 0 unspecified atom stereocenters. The average molecular weight is 419 g/mol. The molecule has 1 fully saturated rings. The number of nitrogens with zero attached hydrogens (tertiary/aromatic N) is 5.